The van der Waals surface area contributed by atoms with Crippen LogP contribution in [0.2, 0.25) is 0 Å². The minimum atomic E-state index is -0.752. The number of hydrogen-bond donors (Lipinski definition) is 0. The summed E-state index contributed by atoms with van der Waals surface area (Å²) in [7, 11) is 0. The number of fused-ring (bicyclic) bond motifs is 5. The van der Waals surface area contributed by atoms with Gasteiger partial charge in [0, 0.05) is 16.2 Å². The Labute approximate surface area is 147 Å². The highest BCUT2D eigenvalue weighted by Gasteiger charge is 2.81. The first kappa shape index (κ1) is 16.2. The molecule has 25 heavy (non-hydrogen) atoms. The minimum Gasteiger partial charge on any atom is -0.303 e. The summed E-state index contributed by atoms with van der Waals surface area (Å²) in [5.74, 6) is -1.31. The van der Waals surface area contributed by atoms with Gasteiger partial charge in [-0.2, -0.15) is 0 Å². The number of carbonyl (C=O) groups is 3. The van der Waals surface area contributed by atoms with Gasteiger partial charge in [-0.3, -0.25) is 9.59 Å². The van der Waals surface area contributed by atoms with E-state index < -0.39 is 28.1 Å². The molecule has 2 aliphatic carbocycles. The molecule has 2 amide bonds. The van der Waals surface area contributed by atoms with Crippen molar-refractivity contribution in [3.8, 4) is 0 Å². The molecule has 3 aliphatic rings. The lowest BCUT2D eigenvalue weighted by Gasteiger charge is -2.42. The molecule has 2 bridgehead atoms. The molecule has 1 aromatic carbocycles. The van der Waals surface area contributed by atoms with Crippen LogP contribution in [0.3, 0.4) is 0 Å². The van der Waals surface area contributed by atoms with Gasteiger partial charge in [-0.1, -0.05) is 50.1 Å². The predicted octanol–water partition coefficient (Wildman–Crippen LogP) is 3.37. The zero-order valence-electron chi connectivity index (χ0n) is 15.3. The normalized spacial score (nSPS) is 42.4. The van der Waals surface area contributed by atoms with Crippen LogP contribution in [0, 0.1) is 28.1 Å². The maximum atomic E-state index is 13.4. The number of benzene rings is 1. The highest BCUT2D eigenvalue weighted by molar-refractivity contribution is 6.24. The molecule has 1 aliphatic heterocycles. The Morgan fingerprint density at radius 3 is 1.72 bits per heavy atom. The van der Waals surface area contributed by atoms with E-state index in [0.717, 1.165) is 17.4 Å². The Hall–Kier alpha value is -2.23. The molecule has 4 heteroatoms. The number of hydrogen-bond acceptors (Lipinski definition) is 3. The van der Waals surface area contributed by atoms with Gasteiger partial charge < -0.3 is 4.79 Å². The maximum absolute atomic E-state index is 13.4. The first-order valence-electron chi connectivity index (χ1n) is 8.75. The van der Waals surface area contributed by atoms with Crippen molar-refractivity contribution in [1.82, 2.24) is 0 Å². The number of allylic oxidation sites excluding steroid dienone is 2. The molecule has 0 aromatic heterocycles. The smallest absolute Gasteiger partial charge is 0.238 e. The van der Waals surface area contributed by atoms with E-state index in [9.17, 15) is 14.4 Å². The van der Waals surface area contributed by atoms with Crippen LogP contribution in [0.4, 0.5) is 5.69 Å². The Bertz CT molecular complexity index is 811. The van der Waals surface area contributed by atoms with Gasteiger partial charge in [0.05, 0.1) is 17.5 Å². The van der Waals surface area contributed by atoms with Crippen LogP contribution < -0.4 is 4.90 Å². The number of rotatable bonds is 2. The molecule has 130 valence electrons. The van der Waals surface area contributed by atoms with Crippen LogP contribution in [-0.2, 0) is 14.4 Å². The number of carbonyl (C=O) groups excluding carboxylic acids is 3. The third kappa shape index (κ3) is 1.37. The summed E-state index contributed by atoms with van der Waals surface area (Å²) in [5, 5.41) is 0. The summed E-state index contributed by atoms with van der Waals surface area (Å²) in [4.78, 5) is 40.3. The van der Waals surface area contributed by atoms with E-state index in [4.69, 9.17) is 0 Å². The van der Waals surface area contributed by atoms with Crippen LogP contribution in [0.5, 0.6) is 0 Å². The van der Waals surface area contributed by atoms with E-state index in [0.29, 0.717) is 5.69 Å². The summed E-state index contributed by atoms with van der Waals surface area (Å²) in [6, 6.07) is 9.09. The molecule has 1 heterocycles. The maximum Gasteiger partial charge on any atom is 0.238 e. The number of anilines is 1. The van der Waals surface area contributed by atoms with Gasteiger partial charge in [0.1, 0.15) is 6.29 Å². The second kappa shape index (κ2) is 4.48. The first-order valence-corrected chi connectivity index (χ1v) is 8.75. The second-order valence-corrected chi connectivity index (χ2v) is 8.28. The fourth-order valence-corrected chi connectivity index (χ4v) is 6.12. The standard InChI is InChI=1S/C21H23NO3/c1-12-13(2)21(5)16-15(20(12,4)19(21,3)11-23)17(24)22(18(16)25)14-9-7-6-8-10-14/h6-11,15-16H,1-5H3/t15-,16+,19?,20-,21+. The third-order valence-electron chi connectivity index (χ3n) is 8.08. The lowest BCUT2D eigenvalue weighted by atomic mass is 9.60. The van der Waals surface area contributed by atoms with Gasteiger partial charge in [0.2, 0.25) is 11.8 Å². The number of amides is 2. The largest absolute Gasteiger partial charge is 0.303 e. The van der Waals surface area contributed by atoms with Gasteiger partial charge in [-0.25, -0.2) is 4.90 Å². The lowest BCUT2D eigenvalue weighted by molar-refractivity contribution is -0.130. The average molecular weight is 337 g/mol. The highest BCUT2D eigenvalue weighted by Crippen LogP contribution is 2.79. The third-order valence-corrected chi connectivity index (χ3v) is 8.08. The molecule has 0 N–H and O–H groups in total. The van der Waals surface area contributed by atoms with E-state index in [2.05, 4.69) is 0 Å². The summed E-state index contributed by atoms with van der Waals surface area (Å²) < 4.78 is 0. The Balaban J connectivity index is 1.96. The van der Waals surface area contributed by atoms with Crippen molar-refractivity contribution in [2.75, 3.05) is 4.90 Å². The zero-order valence-corrected chi connectivity index (χ0v) is 15.3. The molecule has 2 fully saturated rings. The fraction of sp³-hybridized carbons (Fsp3) is 0.476. The molecule has 4 nitrogen and oxygen atoms in total. The van der Waals surface area contributed by atoms with E-state index in [-0.39, 0.29) is 11.8 Å². The van der Waals surface area contributed by atoms with Crippen LogP contribution in [-0.4, -0.2) is 18.1 Å². The van der Waals surface area contributed by atoms with Crippen LogP contribution in [0.25, 0.3) is 0 Å². The summed E-state index contributed by atoms with van der Waals surface area (Å²) in [5.41, 5.74) is 0.770. The molecule has 4 rings (SSSR count). The quantitative estimate of drug-likeness (QED) is 0.472. The number of aldehydes is 1. The van der Waals surface area contributed by atoms with Gasteiger partial charge in [0.25, 0.3) is 0 Å². The van der Waals surface area contributed by atoms with Crippen molar-refractivity contribution < 1.29 is 14.4 Å². The Morgan fingerprint density at radius 1 is 0.880 bits per heavy atom. The molecule has 0 radical (unpaired) electrons. The average Bonchev–Trinajstić information content (AvgIpc) is 3.01. The molecule has 1 saturated heterocycles. The van der Waals surface area contributed by atoms with Gasteiger partial charge >= 0.3 is 0 Å². The van der Waals surface area contributed by atoms with E-state index in [1.165, 1.54) is 4.90 Å². The van der Waals surface area contributed by atoms with E-state index >= 15 is 0 Å². The van der Waals surface area contributed by atoms with E-state index in [1.807, 2.05) is 52.8 Å². The molecular weight excluding hydrogens is 314 g/mol. The number of nitrogens with zero attached hydrogens (tertiary/aromatic N) is 1. The summed E-state index contributed by atoms with van der Waals surface area (Å²) in [6.45, 7) is 9.94. The van der Waals surface area contributed by atoms with Crippen LogP contribution >= 0.6 is 0 Å². The van der Waals surface area contributed by atoms with Gasteiger partial charge in [-0.05, 0) is 26.0 Å². The van der Waals surface area contributed by atoms with Gasteiger partial charge in [0.15, 0.2) is 0 Å². The summed E-state index contributed by atoms with van der Waals surface area (Å²) in [6.07, 6.45) is 0.985. The van der Waals surface area contributed by atoms with Crippen molar-refractivity contribution in [3.63, 3.8) is 0 Å². The molecule has 1 aromatic rings. The number of imide groups is 1. The van der Waals surface area contributed by atoms with Crippen molar-refractivity contribution in [2.45, 2.75) is 34.6 Å². The SMILES string of the molecule is CC1=C(C)[C@]2(C)[C@H]3C(=O)N(c4ccccc4)C(=O)[C@H]3[C@@]1(C)C2(C)C=O. The summed E-state index contributed by atoms with van der Waals surface area (Å²) >= 11 is 0. The molecule has 5 atom stereocenters. The van der Waals surface area contributed by atoms with E-state index in [1.54, 1.807) is 12.1 Å². The fourth-order valence-electron chi connectivity index (χ4n) is 6.12. The first-order chi connectivity index (χ1) is 11.7. The van der Waals surface area contributed by atoms with Crippen molar-refractivity contribution in [3.05, 3.63) is 41.5 Å². The monoisotopic (exact) mass is 337 g/mol. The highest BCUT2D eigenvalue weighted by atomic mass is 16.2. The second-order valence-electron chi connectivity index (χ2n) is 8.28. The molecule has 1 unspecified atom stereocenters. The van der Waals surface area contributed by atoms with Gasteiger partial charge in [-0.15, -0.1) is 0 Å². The Morgan fingerprint density at radius 2 is 1.32 bits per heavy atom. The molecule has 1 saturated carbocycles. The topological polar surface area (TPSA) is 54.5 Å². The van der Waals surface area contributed by atoms with Crippen LogP contribution in [0.15, 0.2) is 41.5 Å². The van der Waals surface area contributed by atoms with Crippen molar-refractivity contribution >= 4 is 23.8 Å². The molecular formula is C21H23NO3. The van der Waals surface area contributed by atoms with Crippen LogP contribution in [0.1, 0.15) is 34.6 Å². The minimum absolute atomic E-state index is 0.174. The van der Waals surface area contributed by atoms with Crippen molar-refractivity contribution in [2.24, 2.45) is 28.1 Å². The predicted molar refractivity (Wildman–Crippen MR) is 94.7 cm³/mol. The Kier molecular flexibility index (Phi) is 2.91. The lowest BCUT2D eigenvalue weighted by Crippen LogP contribution is -2.47. The zero-order chi connectivity index (χ0) is 18.4. The molecule has 0 spiro atoms. The van der Waals surface area contributed by atoms with Crippen molar-refractivity contribution in [1.29, 1.82) is 0 Å². The number of para-hydroxylation sites is 1.